The van der Waals surface area contributed by atoms with E-state index in [1.807, 2.05) is 32.0 Å². The molecule has 0 spiro atoms. The lowest BCUT2D eigenvalue weighted by atomic mass is 9.70. The molecule has 21 heavy (non-hydrogen) atoms. The van der Waals surface area contributed by atoms with Gasteiger partial charge in [-0.1, -0.05) is 44.2 Å². The first-order valence-electron chi connectivity index (χ1n) is 7.84. The Bertz CT molecular complexity index is 564. The maximum Gasteiger partial charge on any atom is 0.233 e. The van der Waals surface area contributed by atoms with E-state index >= 15 is 0 Å². The van der Waals surface area contributed by atoms with Crippen molar-refractivity contribution in [2.75, 3.05) is 6.54 Å². The Kier molecular flexibility index (Phi) is 3.39. The molecule has 0 aliphatic heterocycles. The number of carbonyl (C=O) groups is 2. The maximum atomic E-state index is 12.6. The van der Waals surface area contributed by atoms with E-state index in [9.17, 15) is 9.59 Å². The highest BCUT2D eigenvalue weighted by Gasteiger charge is 2.64. The minimum Gasteiger partial charge on any atom is -0.355 e. The molecule has 2 atom stereocenters. The van der Waals surface area contributed by atoms with Gasteiger partial charge in [0.15, 0.2) is 5.78 Å². The third kappa shape index (κ3) is 2.19. The smallest absolute Gasteiger partial charge is 0.233 e. The van der Waals surface area contributed by atoms with Gasteiger partial charge in [-0.2, -0.15) is 0 Å². The second-order valence-electron chi connectivity index (χ2n) is 7.06. The highest BCUT2D eigenvalue weighted by atomic mass is 16.2. The van der Waals surface area contributed by atoms with Gasteiger partial charge in [0, 0.05) is 12.0 Å². The second-order valence-corrected chi connectivity index (χ2v) is 7.06. The van der Waals surface area contributed by atoms with Crippen LogP contribution in [-0.2, 0) is 16.0 Å². The number of benzene rings is 1. The number of nitrogens with one attached hydrogen (secondary N) is 1. The van der Waals surface area contributed by atoms with Crippen molar-refractivity contribution in [3.63, 3.8) is 0 Å². The summed E-state index contributed by atoms with van der Waals surface area (Å²) in [4.78, 5) is 25.2. The average Bonchev–Trinajstić information content (AvgIpc) is 3.00. The van der Waals surface area contributed by atoms with Crippen LogP contribution >= 0.6 is 0 Å². The first-order chi connectivity index (χ1) is 9.97. The van der Waals surface area contributed by atoms with E-state index in [0.717, 1.165) is 25.7 Å². The lowest BCUT2D eigenvalue weighted by molar-refractivity contribution is -0.145. The molecule has 0 radical (unpaired) electrons. The first kappa shape index (κ1) is 14.3. The molecule has 2 fully saturated rings. The van der Waals surface area contributed by atoms with Crippen LogP contribution < -0.4 is 5.32 Å². The fraction of sp³-hybridized carbons (Fsp3) is 0.556. The predicted molar refractivity (Wildman–Crippen MR) is 81.7 cm³/mol. The molecular weight excluding hydrogens is 262 g/mol. The number of hydrogen-bond acceptors (Lipinski definition) is 2. The minimum absolute atomic E-state index is 0.0449. The van der Waals surface area contributed by atoms with E-state index in [4.69, 9.17) is 0 Å². The zero-order valence-electron chi connectivity index (χ0n) is 12.8. The van der Waals surface area contributed by atoms with Crippen LogP contribution in [0.4, 0.5) is 0 Å². The van der Waals surface area contributed by atoms with Crippen molar-refractivity contribution >= 4 is 11.7 Å². The highest BCUT2D eigenvalue weighted by molar-refractivity contribution is 6.10. The van der Waals surface area contributed by atoms with E-state index in [0.29, 0.717) is 12.5 Å². The van der Waals surface area contributed by atoms with Crippen LogP contribution in [0.25, 0.3) is 0 Å². The Labute approximate surface area is 126 Å². The fourth-order valence-electron chi connectivity index (χ4n) is 4.11. The Balaban J connectivity index is 1.62. The van der Waals surface area contributed by atoms with E-state index in [1.54, 1.807) is 0 Å². The third-order valence-electron chi connectivity index (χ3n) is 5.53. The minimum atomic E-state index is -0.731. The van der Waals surface area contributed by atoms with Crippen LogP contribution in [0.15, 0.2) is 30.3 Å². The predicted octanol–water partition coefficient (Wildman–Crippen LogP) is 2.74. The summed E-state index contributed by atoms with van der Waals surface area (Å²) in [6.45, 7) is 4.60. The Morgan fingerprint density at radius 1 is 1.29 bits per heavy atom. The molecule has 0 saturated heterocycles. The fourth-order valence-corrected chi connectivity index (χ4v) is 4.11. The second kappa shape index (κ2) is 4.97. The van der Waals surface area contributed by atoms with Gasteiger partial charge in [-0.05, 0) is 37.2 Å². The van der Waals surface area contributed by atoms with Crippen molar-refractivity contribution in [3.05, 3.63) is 35.9 Å². The normalized spacial score (nSPS) is 29.6. The number of ketones is 1. The number of Topliss-reactive ketones (excluding diaryl/α,β-unsaturated/α-hetero) is 1. The van der Waals surface area contributed by atoms with Gasteiger partial charge in [-0.15, -0.1) is 0 Å². The molecule has 0 unspecified atom stereocenters. The van der Waals surface area contributed by atoms with Crippen molar-refractivity contribution in [3.8, 4) is 0 Å². The zero-order chi connectivity index (χ0) is 15.1. The molecule has 1 amide bonds. The summed E-state index contributed by atoms with van der Waals surface area (Å²) in [7, 11) is 0. The van der Waals surface area contributed by atoms with Crippen molar-refractivity contribution < 1.29 is 9.59 Å². The number of rotatable bonds is 4. The quantitative estimate of drug-likeness (QED) is 0.865. The van der Waals surface area contributed by atoms with Crippen LogP contribution in [0.3, 0.4) is 0 Å². The van der Waals surface area contributed by atoms with E-state index in [1.165, 1.54) is 5.56 Å². The topological polar surface area (TPSA) is 46.2 Å². The summed E-state index contributed by atoms with van der Waals surface area (Å²) in [5, 5.41) is 3.00. The van der Waals surface area contributed by atoms with Crippen molar-refractivity contribution in [2.24, 2.45) is 16.7 Å². The van der Waals surface area contributed by atoms with E-state index in [2.05, 4.69) is 17.4 Å². The maximum absolute atomic E-state index is 12.6. The highest BCUT2D eigenvalue weighted by Crippen LogP contribution is 2.60. The summed E-state index contributed by atoms with van der Waals surface area (Å²) in [5.41, 5.74) is 0.151. The lowest BCUT2D eigenvalue weighted by Crippen LogP contribution is -2.47. The summed E-state index contributed by atoms with van der Waals surface area (Å²) in [6.07, 6.45) is 3.29. The van der Waals surface area contributed by atoms with Gasteiger partial charge in [0.25, 0.3) is 0 Å². The van der Waals surface area contributed by atoms with Crippen molar-refractivity contribution in [1.82, 2.24) is 5.32 Å². The van der Waals surface area contributed by atoms with Gasteiger partial charge >= 0.3 is 0 Å². The van der Waals surface area contributed by atoms with Gasteiger partial charge in [-0.25, -0.2) is 0 Å². The van der Waals surface area contributed by atoms with Crippen LogP contribution in [0.5, 0.6) is 0 Å². The Hall–Kier alpha value is -1.64. The molecule has 3 nitrogen and oxygen atoms in total. The molecule has 0 aromatic heterocycles. The molecule has 2 aliphatic rings. The van der Waals surface area contributed by atoms with Gasteiger partial charge in [0.2, 0.25) is 5.91 Å². The number of carbonyl (C=O) groups excluding carboxylic acids is 2. The molecule has 1 aromatic carbocycles. The molecule has 3 heteroatoms. The Morgan fingerprint density at radius 2 is 2.00 bits per heavy atom. The number of amides is 1. The van der Waals surface area contributed by atoms with Gasteiger partial charge in [0.1, 0.15) is 5.41 Å². The summed E-state index contributed by atoms with van der Waals surface area (Å²) >= 11 is 0. The molecule has 1 N–H and O–H groups in total. The summed E-state index contributed by atoms with van der Waals surface area (Å²) in [6, 6.07) is 10.1. The molecule has 0 heterocycles. The first-order valence-corrected chi connectivity index (χ1v) is 7.84. The molecule has 2 bridgehead atoms. The van der Waals surface area contributed by atoms with E-state index in [-0.39, 0.29) is 17.1 Å². The lowest BCUT2D eigenvalue weighted by Gasteiger charge is -2.32. The monoisotopic (exact) mass is 285 g/mol. The van der Waals surface area contributed by atoms with Crippen LogP contribution in [-0.4, -0.2) is 18.2 Å². The zero-order valence-corrected chi connectivity index (χ0v) is 12.8. The number of fused-ring (bicyclic) bond motifs is 2. The average molecular weight is 285 g/mol. The van der Waals surface area contributed by atoms with Crippen molar-refractivity contribution in [2.45, 2.75) is 39.5 Å². The standard InChI is InChI=1S/C18H23NO2/c1-17(2)14-8-10-18(12-14,15(17)20)16(21)19-11-9-13-6-4-3-5-7-13/h3-7,14H,8-12H2,1-2H3,(H,19,21)/t14-,18+/m0/s1. The molecule has 112 valence electrons. The van der Waals surface area contributed by atoms with Crippen LogP contribution in [0.2, 0.25) is 0 Å². The Morgan fingerprint density at radius 3 is 2.62 bits per heavy atom. The third-order valence-corrected chi connectivity index (χ3v) is 5.53. The summed E-state index contributed by atoms with van der Waals surface area (Å²) in [5.74, 6) is 0.491. The summed E-state index contributed by atoms with van der Waals surface area (Å²) < 4.78 is 0. The largest absolute Gasteiger partial charge is 0.355 e. The molecular formula is C18H23NO2. The van der Waals surface area contributed by atoms with Gasteiger partial charge < -0.3 is 5.32 Å². The van der Waals surface area contributed by atoms with Crippen LogP contribution in [0, 0.1) is 16.7 Å². The van der Waals surface area contributed by atoms with E-state index < -0.39 is 5.41 Å². The number of hydrogen-bond donors (Lipinski definition) is 1. The molecule has 3 rings (SSSR count). The van der Waals surface area contributed by atoms with Gasteiger partial charge in [-0.3, -0.25) is 9.59 Å². The SMILES string of the molecule is CC1(C)C(=O)[C@@]2(C(=O)NCCc3ccccc3)CC[C@H]1C2. The van der Waals surface area contributed by atoms with Gasteiger partial charge in [0.05, 0.1) is 0 Å². The molecule has 2 aliphatic carbocycles. The molecule has 1 aromatic rings. The van der Waals surface area contributed by atoms with Crippen LogP contribution in [0.1, 0.15) is 38.7 Å². The molecule has 2 saturated carbocycles. The van der Waals surface area contributed by atoms with Crippen molar-refractivity contribution in [1.29, 1.82) is 0 Å².